The first kappa shape index (κ1) is 10.2. The van der Waals surface area contributed by atoms with Crippen molar-refractivity contribution in [1.82, 2.24) is 9.97 Å². The highest BCUT2D eigenvalue weighted by Gasteiger charge is 2.09. The van der Waals surface area contributed by atoms with Gasteiger partial charge in [0.15, 0.2) is 5.95 Å². The summed E-state index contributed by atoms with van der Waals surface area (Å²) in [5, 5.41) is 0. The Bertz CT molecular complexity index is 507. The zero-order valence-corrected chi connectivity index (χ0v) is 9.60. The van der Waals surface area contributed by atoms with Crippen LogP contribution in [0.2, 0.25) is 0 Å². The third-order valence-corrected chi connectivity index (χ3v) is 2.68. The molecule has 2 aromatic rings. The summed E-state index contributed by atoms with van der Waals surface area (Å²) in [6.45, 7) is 1.71. The Balaban J connectivity index is 2.54. The van der Waals surface area contributed by atoms with Crippen molar-refractivity contribution >= 4 is 21.9 Å². The molecule has 5 heteroatoms. The molecule has 1 aromatic heterocycles. The number of hydrogen-bond acceptors (Lipinski definition) is 2. The largest absolute Gasteiger partial charge is 0.369 e. The van der Waals surface area contributed by atoms with Crippen molar-refractivity contribution in [3.63, 3.8) is 0 Å². The molecule has 0 aliphatic carbocycles. The second kappa shape index (κ2) is 3.66. The number of aromatic amines is 1. The minimum Gasteiger partial charge on any atom is -0.369 e. The number of hydrogen-bond donors (Lipinski definition) is 2. The lowest BCUT2D eigenvalue weighted by molar-refractivity contribution is 0.619. The molecule has 0 saturated carbocycles. The van der Waals surface area contributed by atoms with Crippen LogP contribution in [0.15, 0.2) is 22.8 Å². The van der Waals surface area contributed by atoms with Crippen LogP contribution in [0, 0.1) is 12.7 Å². The Labute approximate surface area is 94.7 Å². The summed E-state index contributed by atoms with van der Waals surface area (Å²) in [5.41, 5.74) is 7.62. The Morgan fingerprint density at radius 2 is 2.20 bits per heavy atom. The molecule has 15 heavy (non-hydrogen) atoms. The topological polar surface area (TPSA) is 54.7 Å². The van der Waals surface area contributed by atoms with Gasteiger partial charge in [0.05, 0.1) is 0 Å². The molecule has 1 aromatic carbocycles. The molecule has 3 nitrogen and oxygen atoms in total. The molecular weight excluding hydrogens is 261 g/mol. The predicted molar refractivity (Wildman–Crippen MR) is 60.8 cm³/mol. The van der Waals surface area contributed by atoms with Crippen LogP contribution in [-0.4, -0.2) is 9.97 Å². The maximum atomic E-state index is 13.1. The molecule has 78 valence electrons. The Kier molecular flexibility index (Phi) is 2.48. The van der Waals surface area contributed by atoms with E-state index in [0.717, 1.165) is 5.56 Å². The highest BCUT2D eigenvalue weighted by Crippen LogP contribution is 2.27. The SMILES string of the molecule is Cc1cc(-c2nc(N)[nH]c2Br)ccc1F. The van der Waals surface area contributed by atoms with Gasteiger partial charge >= 0.3 is 0 Å². The van der Waals surface area contributed by atoms with Gasteiger partial charge in [-0.25, -0.2) is 9.37 Å². The van der Waals surface area contributed by atoms with E-state index in [2.05, 4.69) is 25.9 Å². The molecule has 0 atom stereocenters. The smallest absolute Gasteiger partial charge is 0.198 e. The van der Waals surface area contributed by atoms with Crippen LogP contribution >= 0.6 is 15.9 Å². The fourth-order valence-electron chi connectivity index (χ4n) is 1.35. The minimum atomic E-state index is -0.224. The van der Waals surface area contributed by atoms with Gasteiger partial charge in [-0.15, -0.1) is 0 Å². The summed E-state index contributed by atoms with van der Waals surface area (Å²) in [4.78, 5) is 6.93. The van der Waals surface area contributed by atoms with E-state index < -0.39 is 0 Å². The lowest BCUT2D eigenvalue weighted by Gasteiger charge is -2.00. The number of imidazole rings is 1. The van der Waals surface area contributed by atoms with E-state index in [4.69, 9.17) is 5.73 Å². The highest BCUT2D eigenvalue weighted by molar-refractivity contribution is 9.10. The number of H-pyrrole nitrogens is 1. The third-order valence-electron chi connectivity index (χ3n) is 2.11. The Morgan fingerprint density at radius 1 is 1.47 bits per heavy atom. The molecule has 1 heterocycles. The van der Waals surface area contributed by atoms with Crippen LogP contribution in [0.5, 0.6) is 0 Å². The van der Waals surface area contributed by atoms with Crippen molar-refractivity contribution in [2.24, 2.45) is 0 Å². The van der Waals surface area contributed by atoms with Crippen molar-refractivity contribution in [1.29, 1.82) is 0 Å². The number of anilines is 1. The predicted octanol–water partition coefficient (Wildman–Crippen LogP) is 2.87. The Hall–Kier alpha value is -1.36. The standard InChI is InChI=1S/C10H9BrFN3/c1-5-4-6(2-3-7(5)12)8-9(11)15-10(13)14-8/h2-4H,1H3,(H3,13,14,15). The van der Waals surface area contributed by atoms with Crippen LogP contribution in [0.25, 0.3) is 11.3 Å². The van der Waals surface area contributed by atoms with E-state index in [1.165, 1.54) is 6.07 Å². The minimum absolute atomic E-state index is 0.224. The number of nitrogen functional groups attached to an aromatic ring is 1. The van der Waals surface area contributed by atoms with E-state index in [-0.39, 0.29) is 5.82 Å². The van der Waals surface area contributed by atoms with E-state index in [9.17, 15) is 4.39 Å². The number of rotatable bonds is 1. The van der Waals surface area contributed by atoms with Gasteiger partial charge in [-0.3, -0.25) is 0 Å². The molecule has 0 radical (unpaired) electrons. The van der Waals surface area contributed by atoms with Gasteiger partial charge in [0.25, 0.3) is 0 Å². The maximum absolute atomic E-state index is 13.1. The number of benzene rings is 1. The molecule has 0 saturated heterocycles. The first-order chi connectivity index (χ1) is 7.08. The monoisotopic (exact) mass is 269 g/mol. The van der Waals surface area contributed by atoms with E-state index in [1.807, 2.05) is 0 Å². The number of nitrogens with one attached hydrogen (secondary N) is 1. The lowest BCUT2D eigenvalue weighted by Crippen LogP contribution is -1.87. The van der Waals surface area contributed by atoms with Crippen molar-refractivity contribution in [2.75, 3.05) is 5.73 Å². The summed E-state index contributed by atoms with van der Waals surface area (Å²) in [6, 6.07) is 4.82. The van der Waals surface area contributed by atoms with Gasteiger partial charge in [0.2, 0.25) is 0 Å². The van der Waals surface area contributed by atoms with Gasteiger partial charge in [0.1, 0.15) is 16.1 Å². The highest BCUT2D eigenvalue weighted by atomic mass is 79.9. The molecule has 0 fully saturated rings. The van der Waals surface area contributed by atoms with Gasteiger partial charge in [0, 0.05) is 5.56 Å². The molecule has 0 aliphatic rings. The van der Waals surface area contributed by atoms with Crippen LogP contribution in [0.1, 0.15) is 5.56 Å². The quantitative estimate of drug-likeness (QED) is 0.837. The summed E-state index contributed by atoms with van der Waals surface area (Å²) >= 11 is 3.31. The first-order valence-corrected chi connectivity index (χ1v) is 5.14. The molecule has 0 spiro atoms. The Morgan fingerprint density at radius 3 is 2.73 bits per heavy atom. The number of nitrogens with two attached hydrogens (primary N) is 1. The number of aromatic nitrogens is 2. The van der Waals surface area contributed by atoms with Crippen LogP contribution in [0.4, 0.5) is 10.3 Å². The number of nitrogens with zero attached hydrogens (tertiary/aromatic N) is 1. The summed E-state index contributed by atoms with van der Waals surface area (Å²) in [7, 11) is 0. The fourth-order valence-corrected chi connectivity index (χ4v) is 1.87. The molecule has 0 unspecified atom stereocenters. The zero-order valence-electron chi connectivity index (χ0n) is 8.01. The van der Waals surface area contributed by atoms with E-state index in [1.54, 1.807) is 19.1 Å². The average molecular weight is 270 g/mol. The van der Waals surface area contributed by atoms with Crippen molar-refractivity contribution in [3.05, 3.63) is 34.2 Å². The maximum Gasteiger partial charge on any atom is 0.198 e. The second-order valence-corrected chi connectivity index (χ2v) is 4.04. The van der Waals surface area contributed by atoms with Gasteiger partial charge < -0.3 is 10.7 Å². The number of aryl methyl sites for hydroxylation is 1. The lowest BCUT2D eigenvalue weighted by atomic mass is 10.1. The molecule has 0 aliphatic heterocycles. The van der Waals surface area contributed by atoms with Crippen molar-refractivity contribution in [2.45, 2.75) is 6.92 Å². The summed E-state index contributed by atoms with van der Waals surface area (Å²) in [5.74, 6) is 0.109. The average Bonchev–Trinajstić information content (AvgIpc) is 2.50. The summed E-state index contributed by atoms with van der Waals surface area (Å²) in [6.07, 6.45) is 0. The van der Waals surface area contributed by atoms with Gasteiger partial charge in [-0.1, -0.05) is 0 Å². The van der Waals surface area contributed by atoms with E-state index in [0.29, 0.717) is 21.8 Å². The van der Waals surface area contributed by atoms with E-state index >= 15 is 0 Å². The number of halogens is 2. The second-order valence-electron chi connectivity index (χ2n) is 3.25. The first-order valence-electron chi connectivity index (χ1n) is 4.35. The summed E-state index contributed by atoms with van der Waals surface area (Å²) < 4.78 is 13.8. The fraction of sp³-hybridized carbons (Fsp3) is 0.100. The van der Waals surface area contributed by atoms with Crippen LogP contribution in [0.3, 0.4) is 0 Å². The normalized spacial score (nSPS) is 10.6. The molecule has 0 bridgehead atoms. The van der Waals surface area contributed by atoms with Gasteiger partial charge in [-0.2, -0.15) is 0 Å². The van der Waals surface area contributed by atoms with Crippen molar-refractivity contribution in [3.8, 4) is 11.3 Å². The molecule has 0 amide bonds. The van der Waals surface area contributed by atoms with Crippen molar-refractivity contribution < 1.29 is 4.39 Å². The van der Waals surface area contributed by atoms with Gasteiger partial charge in [-0.05, 0) is 46.6 Å². The molecule has 3 N–H and O–H groups in total. The zero-order chi connectivity index (χ0) is 11.0. The molecular formula is C10H9BrFN3. The third kappa shape index (κ3) is 1.87. The van der Waals surface area contributed by atoms with Crippen LogP contribution < -0.4 is 5.73 Å². The molecule has 2 rings (SSSR count). The van der Waals surface area contributed by atoms with Crippen LogP contribution in [-0.2, 0) is 0 Å².